The molecule has 0 spiro atoms. The van der Waals surface area contributed by atoms with Gasteiger partial charge in [-0.15, -0.1) is 13.2 Å². The Morgan fingerprint density at radius 3 is 2.50 bits per heavy atom. The van der Waals surface area contributed by atoms with E-state index in [2.05, 4.69) is 4.74 Å². The van der Waals surface area contributed by atoms with Crippen molar-refractivity contribution in [2.45, 2.75) is 12.8 Å². The number of rotatable bonds is 2. The van der Waals surface area contributed by atoms with Gasteiger partial charge in [0.2, 0.25) is 0 Å². The zero-order chi connectivity index (χ0) is 14.5. The highest BCUT2D eigenvalue weighted by atomic mass is 35.5. The second-order valence-electron chi connectivity index (χ2n) is 5.16. The maximum absolute atomic E-state index is 12.2. The van der Waals surface area contributed by atoms with Gasteiger partial charge in [0.15, 0.2) is 0 Å². The van der Waals surface area contributed by atoms with Crippen LogP contribution in [0.2, 0.25) is 5.02 Å². The molecule has 1 aromatic rings. The fourth-order valence-corrected chi connectivity index (χ4v) is 2.81. The van der Waals surface area contributed by atoms with Gasteiger partial charge in [0, 0.05) is 18.7 Å². The molecular weight excluding hydrogens is 295 g/mol. The topological polar surface area (TPSA) is 29.5 Å². The van der Waals surface area contributed by atoms with E-state index in [0.29, 0.717) is 11.8 Å². The molecule has 0 bridgehead atoms. The molecule has 3 nitrogen and oxygen atoms in total. The van der Waals surface area contributed by atoms with Gasteiger partial charge in [-0.05, 0) is 36.5 Å². The Morgan fingerprint density at radius 1 is 1.30 bits per heavy atom. The van der Waals surface area contributed by atoms with E-state index < -0.39 is 12.1 Å². The van der Waals surface area contributed by atoms with Crippen LogP contribution in [0.1, 0.15) is 16.8 Å². The molecule has 1 amide bonds. The zero-order valence-corrected chi connectivity index (χ0v) is 11.0. The Hall–Kier alpha value is -1.43. The lowest BCUT2D eigenvalue weighted by Crippen LogP contribution is -2.30. The van der Waals surface area contributed by atoms with E-state index in [-0.39, 0.29) is 16.5 Å². The van der Waals surface area contributed by atoms with E-state index in [4.69, 9.17) is 11.6 Å². The maximum atomic E-state index is 12.2. The number of ether oxygens (including phenoxy) is 1. The fourth-order valence-electron chi connectivity index (χ4n) is 2.59. The summed E-state index contributed by atoms with van der Waals surface area (Å²) < 4.78 is 40.1. The highest BCUT2D eigenvalue weighted by molar-refractivity contribution is 6.32. The quantitative estimate of drug-likeness (QED) is 0.839. The molecule has 2 aliphatic rings. The van der Waals surface area contributed by atoms with Crippen molar-refractivity contribution in [1.82, 2.24) is 4.90 Å². The first-order valence-electron chi connectivity index (χ1n) is 6.18. The van der Waals surface area contributed by atoms with Gasteiger partial charge in [-0.2, -0.15) is 0 Å². The predicted octanol–water partition coefficient (Wildman–Crippen LogP) is 3.33. The first-order chi connectivity index (χ1) is 9.33. The molecule has 2 atom stereocenters. The summed E-state index contributed by atoms with van der Waals surface area (Å²) in [7, 11) is 0. The molecule has 1 aliphatic heterocycles. The van der Waals surface area contributed by atoms with Gasteiger partial charge in [0.05, 0.1) is 5.02 Å². The van der Waals surface area contributed by atoms with Crippen LogP contribution in [0.25, 0.3) is 0 Å². The van der Waals surface area contributed by atoms with Crippen LogP contribution >= 0.6 is 11.6 Å². The number of carbonyl (C=O) groups excluding carboxylic acids is 1. The molecule has 1 saturated carbocycles. The summed E-state index contributed by atoms with van der Waals surface area (Å²) >= 11 is 5.73. The van der Waals surface area contributed by atoms with Crippen LogP contribution in [0.4, 0.5) is 13.2 Å². The van der Waals surface area contributed by atoms with E-state index in [0.717, 1.165) is 19.2 Å². The summed E-state index contributed by atoms with van der Waals surface area (Å²) in [5, 5.41) is -0.225. The maximum Gasteiger partial charge on any atom is 0.573 e. The minimum Gasteiger partial charge on any atom is -0.404 e. The van der Waals surface area contributed by atoms with Gasteiger partial charge in [-0.3, -0.25) is 4.79 Å². The lowest BCUT2D eigenvalue weighted by molar-refractivity contribution is -0.274. The summed E-state index contributed by atoms with van der Waals surface area (Å²) in [4.78, 5) is 13.9. The van der Waals surface area contributed by atoms with Crippen molar-refractivity contribution in [3.8, 4) is 5.75 Å². The second-order valence-corrected chi connectivity index (χ2v) is 5.57. The number of benzene rings is 1. The number of halogens is 4. The average molecular weight is 306 g/mol. The van der Waals surface area contributed by atoms with E-state index in [1.807, 2.05) is 0 Å². The van der Waals surface area contributed by atoms with Crippen molar-refractivity contribution in [3.63, 3.8) is 0 Å². The minimum absolute atomic E-state index is 0.197. The number of alkyl halides is 3. The number of fused-ring (bicyclic) bond motifs is 1. The smallest absolute Gasteiger partial charge is 0.404 e. The molecule has 1 aliphatic carbocycles. The Kier molecular flexibility index (Phi) is 3.08. The number of amides is 1. The van der Waals surface area contributed by atoms with Crippen molar-refractivity contribution in [1.29, 1.82) is 0 Å². The van der Waals surface area contributed by atoms with Crippen LogP contribution in [-0.2, 0) is 0 Å². The van der Waals surface area contributed by atoms with E-state index in [1.54, 1.807) is 4.90 Å². The monoisotopic (exact) mass is 305 g/mol. The third kappa shape index (κ3) is 2.70. The molecule has 0 aromatic heterocycles. The highest BCUT2D eigenvalue weighted by Crippen LogP contribution is 2.45. The standard InChI is InChI=1S/C13H11ClF3NO2/c14-10-4-7(1-2-11(10)20-13(15,16)17)12(19)18-5-8-3-9(8)6-18/h1-2,4,8-9H,3,5-6H2. The van der Waals surface area contributed by atoms with Gasteiger partial charge >= 0.3 is 6.36 Å². The summed E-state index contributed by atoms with van der Waals surface area (Å²) in [5.41, 5.74) is 0.283. The molecule has 0 radical (unpaired) electrons. The molecule has 1 aromatic carbocycles. The predicted molar refractivity (Wildman–Crippen MR) is 65.6 cm³/mol. The van der Waals surface area contributed by atoms with Crippen LogP contribution in [-0.4, -0.2) is 30.3 Å². The summed E-state index contributed by atoms with van der Waals surface area (Å²) in [6.45, 7) is 1.45. The molecule has 7 heteroatoms. The van der Waals surface area contributed by atoms with Crippen LogP contribution in [0, 0.1) is 11.8 Å². The number of likely N-dealkylation sites (tertiary alicyclic amines) is 1. The van der Waals surface area contributed by atoms with Crippen LogP contribution in [0.3, 0.4) is 0 Å². The second kappa shape index (κ2) is 4.55. The van der Waals surface area contributed by atoms with Crippen molar-refractivity contribution < 1.29 is 22.7 Å². The average Bonchev–Trinajstić information content (AvgIpc) is 2.96. The number of piperidine rings is 1. The number of hydrogen-bond donors (Lipinski definition) is 0. The van der Waals surface area contributed by atoms with Gasteiger partial charge in [-0.25, -0.2) is 0 Å². The normalized spacial score (nSPS) is 24.5. The van der Waals surface area contributed by atoms with Gasteiger partial charge in [0.1, 0.15) is 5.75 Å². The molecule has 108 valence electrons. The minimum atomic E-state index is -4.80. The summed E-state index contributed by atoms with van der Waals surface area (Å²) in [5.74, 6) is 0.502. The molecule has 0 N–H and O–H groups in total. The van der Waals surface area contributed by atoms with Crippen LogP contribution in [0.15, 0.2) is 18.2 Å². The first kappa shape index (κ1) is 13.5. The largest absolute Gasteiger partial charge is 0.573 e. The van der Waals surface area contributed by atoms with Crippen LogP contribution in [0.5, 0.6) is 5.75 Å². The third-order valence-electron chi connectivity index (χ3n) is 3.67. The first-order valence-corrected chi connectivity index (χ1v) is 6.56. The van der Waals surface area contributed by atoms with E-state index in [1.165, 1.54) is 18.6 Å². The lowest BCUT2D eigenvalue weighted by Gasteiger charge is -2.18. The van der Waals surface area contributed by atoms with Crippen LogP contribution < -0.4 is 4.74 Å². The van der Waals surface area contributed by atoms with Crippen molar-refractivity contribution in [3.05, 3.63) is 28.8 Å². The molecule has 2 fully saturated rings. The SMILES string of the molecule is O=C(c1ccc(OC(F)(F)F)c(Cl)c1)N1CC2CC2C1. The lowest BCUT2D eigenvalue weighted by atomic mass is 10.2. The number of nitrogens with zero attached hydrogens (tertiary/aromatic N) is 1. The van der Waals surface area contributed by atoms with Crippen molar-refractivity contribution in [2.75, 3.05) is 13.1 Å². The Bertz CT molecular complexity index is 551. The van der Waals surface area contributed by atoms with E-state index >= 15 is 0 Å². The van der Waals surface area contributed by atoms with Gasteiger partial charge in [0.25, 0.3) is 5.91 Å². The number of carbonyl (C=O) groups is 1. The number of hydrogen-bond acceptors (Lipinski definition) is 2. The highest BCUT2D eigenvalue weighted by Gasteiger charge is 2.46. The van der Waals surface area contributed by atoms with Gasteiger partial charge in [-0.1, -0.05) is 11.6 Å². The Labute approximate surface area is 118 Å². The Morgan fingerprint density at radius 2 is 1.95 bits per heavy atom. The molecule has 1 saturated heterocycles. The molecule has 3 rings (SSSR count). The third-order valence-corrected chi connectivity index (χ3v) is 3.97. The Balaban J connectivity index is 1.74. The van der Waals surface area contributed by atoms with Crippen molar-refractivity contribution >= 4 is 17.5 Å². The van der Waals surface area contributed by atoms with Gasteiger partial charge < -0.3 is 9.64 Å². The van der Waals surface area contributed by atoms with Crippen molar-refractivity contribution in [2.24, 2.45) is 11.8 Å². The molecular formula is C13H11ClF3NO2. The summed E-state index contributed by atoms with van der Waals surface area (Å²) in [6.07, 6.45) is -3.63. The fraction of sp³-hybridized carbons (Fsp3) is 0.462. The molecule has 1 heterocycles. The van der Waals surface area contributed by atoms with E-state index in [9.17, 15) is 18.0 Å². The summed E-state index contributed by atoms with van der Waals surface area (Å²) in [6, 6.07) is 3.59. The zero-order valence-electron chi connectivity index (χ0n) is 10.3. The molecule has 2 unspecified atom stereocenters. The molecule has 20 heavy (non-hydrogen) atoms.